The summed E-state index contributed by atoms with van der Waals surface area (Å²) < 4.78 is 0. The molecule has 0 aromatic heterocycles. The van der Waals surface area contributed by atoms with Gasteiger partial charge in [-0.15, -0.1) is 0 Å². The molecule has 0 aliphatic rings. The summed E-state index contributed by atoms with van der Waals surface area (Å²) in [5.74, 6) is 0.476. The molecule has 6 heteroatoms. The molecule has 0 saturated carbocycles. The van der Waals surface area contributed by atoms with Crippen molar-refractivity contribution >= 4 is 40.1 Å². The fourth-order valence-electron chi connectivity index (χ4n) is 2.23. The van der Waals surface area contributed by atoms with Crippen LogP contribution < -0.4 is 10.9 Å². The molecular weight excluding hydrogens is 378 g/mol. The van der Waals surface area contributed by atoms with E-state index in [0.717, 1.165) is 11.4 Å². The van der Waals surface area contributed by atoms with Crippen LogP contribution in [0.25, 0.3) is 0 Å². The van der Waals surface area contributed by atoms with Crippen LogP contribution >= 0.6 is 23.4 Å². The maximum Gasteiger partial charge on any atom is 0.269 e. The number of hydrogen-bond donors (Lipinski definition) is 2. The number of nitrogens with zero attached hydrogens (tertiary/aromatic N) is 1. The van der Waals surface area contributed by atoms with Crippen LogP contribution in [0.2, 0.25) is 5.02 Å². The number of hydrazine groups is 1. The summed E-state index contributed by atoms with van der Waals surface area (Å²) in [4.78, 5) is 16.9. The average molecular weight is 396 g/mol. The van der Waals surface area contributed by atoms with Crippen molar-refractivity contribution in [2.24, 2.45) is 4.99 Å². The van der Waals surface area contributed by atoms with E-state index in [2.05, 4.69) is 28.0 Å². The quantitative estimate of drug-likeness (QED) is 0.363. The fourth-order valence-corrected chi connectivity index (χ4v) is 3.14. The van der Waals surface area contributed by atoms with Crippen molar-refractivity contribution in [3.05, 3.63) is 101 Å². The van der Waals surface area contributed by atoms with Gasteiger partial charge in [0.1, 0.15) is 0 Å². The van der Waals surface area contributed by atoms with Gasteiger partial charge in [0.05, 0.1) is 5.69 Å². The average Bonchev–Trinajstić information content (AvgIpc) is 2.72. The molecule has 0 aliphatic carbocycles. The van der Waals surface area contributed by atoms with Crippen molar-refractivity contribution in [2.75, 3.05) is 0 Å². The highest BCUT2D eigenvalue weighted by Gasteiger charge is 2.07. The Hall–Kier alpha value is -2.76. The molecule has 0 bridgehead atoms. The normalized spacial score (nSPS) is 11.1. The largest absolute Gasteiger partial charge is 0.276 e. The molecule has 0 unspecified atom stereocenters. The lowest BCUT2D eigenvalue weighted by molar-refractivity contribution is 0.0944. The van der Waals surface area contributed by atoms with Crippen LogP contribution in [-0.2, 0) is 5.75 Å². The van der Waals surface area contributed by atoms with E-state index in [1.807, 2.05) is 48.5 Å². The maximum absolute atomic E-state index is 12.3. The number of hydrogen-bond acceptors (Lipinski definition) is 3. The monoisotopic (exact) mass is 395 g/mol. The second-order valence-electron chi connectivity index (χ2n) is 5.61. The zero-order chi connectivity index (χ0) is 18.9. The molecule has 2 N–H and O–H groups in total. The van der Waals surface area contributed by atoms with E-state index in [9.17, 15) is 4.79 Å². The van der Waals surface area contributed by atoms with Crippen LogP contribution in [0.1, 0.15) is 15.9 Å². The predicted octanol–water partition coefficient (Wildman–Crippen LogP) is 5.20. The third-order valence-corrected chi connectivity index (χ3v) is 4.79. The first-order chi connectivity index (χ1) is 13.2. The van der Waals surface area contributed by atoms with E-state index in [0.29, 0.717) is 15.8 Å². The first-order valence-corrected chi connectivity index (χ1v) is 9.69. The van der Waals surface area contributed by atoms with Gasteiger partial charge in [0.2, 0.25) is 0 Å². The highest BCUT2D eigenvalue weighted by atomic mass is 35.5. The van der Waals surface area contributed by atoms with Gasteiger partial charge in [0.15, 0.2) is 5.17 Å². The minimum atomic E-state index is -0.257. The molecule has 0 heterocycles. The third-order valence-electron chi connectivity index (χ3n) is 3.59. The van der Waals surface area contributed by atoms with Crippen LogP contribution in [-0.4, -0.2) is 11.1 Å². The molecule has 136 valence electrons. The Morgan fingerprint density at radius 2 is 1.48 bits per heavy atom. The molecule has 1 amide bonds. The van der Waals surface area contributed by atoms with Crippen LogP contribution in [0.4, 0.5) is 5.69 Å². The Morgan fingerprint density at radius 1 is 0.852 bits per heavy atom. The third kappa shape index (κ3) is 6.16. The van der Waals surface area contributed by atoms with Gasteiger partial charge in [-0.25, -0.2) is 4.99 Å². The number of aliphatic imine (C=N–C) groups is 1. The van der Waals surface area contributed by atoms with E-state index in [1.165, 1.54) is 17.3 Å². The molecule has 0 radical (unpaired) electrons. The first kappa shape index (κ1) is 19.0. The van der Waals surface area contributed by atoms with Gasteiger partial charge in [-0.3, -0.25) is 15.6 Å². The molecule has 0 aliphatic heterocycles. The van der Waals surface area contributed by atoms with Gasteiger partial charge < -0.3 is 0 Å². The summed E-state index contributed by atoms with van der Waals surface area (Å²) >= 11 is 7.38. The SMILES string of the molecule is O=C(NNC(=Nc1ccccc1)SCc1ccccc1)c1ccc(Cl)cc1. The van der Waals surface area contributed by atoms with Crippen molar-refractivity contribution in [1.82, 2.24) is 10.9 Å². The van der Waals surface area contributed by atoms with Crippen molar-refractivity contribution < 1.29 is 4.79 Å². The smallest absolute Gasteiger partial charge is 0.269 e. The van der Waals surface area contributed by atoms with E-state index in [1.54, 1.807) is 24.3 Å². The number of halogens is 1. The van der Waals surface area contributed by atoms with Gasteiger partial charge in [0.25, 0.3) is 5.91 Å². The van der Waals surface area contributed by atoms with E-state index in [-0.39, 0.29) is 5.91 Å². The Morgan fingerprint density at radius 3 is 2.15 bits per heavy atom. The molecule has 3 rings (SSSR count). The van der Waals surface area contributed by atoms with Crippen molar-refractivity contribution in [3.63, 3.8) is 0 Å². The maximum atomic E-state index is 12.3. The molecule has 0 spiro atoms. The van der Waals surface area contributed by atoms with Crippen LogP contribution in [0.5, 0.6) is 0 Å². The first-order valence-electron chi connectivity index (χ1n) is 8.33. The zero-order valence-corrected chi connectivity index (χ0v) is 16.0. The van der Waals surface area contributed by atoms with Crippen molar-refractivity contribution in [2.45, 2.75) is 5.75 Å². The summed E-state index contributed by atoms with van der Waals surface area (Å²) in [7, 11) is 0. The molecule has 3 aromatic rings. The number of nitrogens with one attached hydrogen (secondary N) is 2. The Kier molecular flexibility index (Phi) is 6.90. The summed E-state index contributed by atoms with van der Waals surface area (Å²) in [6.07, 6.45) is 0. The minimum Gasteiger partial charge on any atom is -0.276 e. The van der Waals surface area contributed by atoms with E-state index in [4.69, 9.17) is 11.6 Å². The number of carbonyl (C=O) groups is 1. The number of amidine groups is 1. The van der Waals surface area contributed by atoms with Crippen molar-refractivity contribution in [1.29, 1.82) is 0 Å². The minimum absolute atomic E-state index is 0.257. The van der Waals surface area contributed by atoms with E-state index >= 15 is 0 Å². The Balaban J connectivity index is 1.68. The highest BCUT2D eigenvalue weighted by Crippen LogP contribution is 2.17. The molecule has 3 aromatic carbocycles. The number of amides is 1. The number of carbonyl (C=O) groups excluding carboxylic acids is 1. The van der Waals surface area contributed by atoms with Crippen LogP contribution in [0, 0.1) is 0 Å². The summed E-state index contributed by atoms with van der Waals surface area (Å²) in [6.45, 7) is 0. The zero-order valence-electron chi connectivity index (χ0n) is 14.4. The molecule has 27 heavy (non-hydrogen) atoms. The number of thioether (sulfide) groups is 1. The van der Waals surface area contributed by atoms with Gasteiger partial charge >= 0.3 is 0 Å². The Bertz CT molecular complexity index is 900. The number of benzene rings is 3. The molecule has 0 saturated heterocycles. The standard InChI is InChI=1S/C21H18ClN3OS/c22-18-13-11-17(12-14-18)20(26)24-25-21(23-19-9-5-2-6-10-19)27-15-16-7-3-1-4-8-16/h1-14H,15H2,(H,23,25)(H,24,26). The predicted molar refractivity (Wildman–Crippen MR) is 113 cm³/mol. The van der Waals surface area contributed by atoms with E-state index < -0.39 is 0 Å². The lowest BCUT2D eigenvalue weighted by atomic mass is 10.2. The topological polar surface area (TPSA) is 53.5 Å². The van der Waals surface area contributed by atoms with Gasteiger partial charge in [-0.2, -0.15) is 0 Å². The molecular formula is C21H18ClN3OS. The lowest BCUT2D eigenvalue weighted by Gasteiger charge is -2.11. The second kappa shape index (κ2) is 9.80. The molecule has 0 atom stereocenters. The van der Waals surface area contributed by atoms with Gasteiger partial charge in [-0.1, -0.05) is 71.9 Å². The second-order valence-corrected chi connectivity index (χ2v) is 7.01. The molecule has 4 nitrogen and oxygen atoms in total. The lowest BCUT2D eigenvalue weighted by Crippen LogP contribution is -2.40. The van der Waals surface area contributed by atoms with Crippen molar-refractivity contribution in [3.8, 4) is 0 Å². The van der Waals surface area contributed by atoms with Crippen LogP contribution in [0.15, 0.2) is 89.9 Å². The summed E-state index contributed by atoms with van der Waals surface area (Å²) in [5, 5.41) is 1.19. The van der Waals surface area contributed by atoms with Crippen LogP contribution in [0.3, 0.4) is 0 Å². The Labute approximate surface area is 167 Å². The van der Waals surface area contributed by atoms with Gasteiger partial charge in [-0.05, 0) is 42.0 Å². The molecule has 0 fully saturated rings. The van der Waals surface area contributed by atoms with Gasteiger partial charge in [0, 0.05) is 16.3 Å². The summed E-state index contributed by atoms with van der Waals surface area (Å²) in [6, 6.07) is 26.4. The number of para-hydroxylation sites is 1. The number of rotatable bonds is 4. The highest BCUT2D eigenvalue weighted by molar-refractivity contribution is 8.13. The fraction of sp³-hybridized carbons (Fsp3) is 0.0476. The summed E-state index contributed by atoms with van der Waals surface area (Å²) in [5.41, 5.74) is 8.12.